The molecule has 0 aliphatic rings. The first-order valence-corrected chi connectivity index (χ1v) is 8.66. The van der Waals surface area contributed by atoms with Crippen LogP contribution in [0.5, 0.6) is 0 Å². The fraction of sp³-hybridized carbons (Fsp3) is 0.312. The maximum absolute atomic E-state index is 12.1. The predicted molar refractivity (Wildman–Crippen MR) is 96.0 cm³/mol. The van der Waals surface area contributed by atoms with Gasteiger partial charge in [0, 0.05) is 17.8 Å². The lowest BCUT2D eigenvalue weighted by Crippen LogP contribution is -2.17. The van der Waals surface area contributed by atoms with Crippen molar-refractivity contribution in [1.82, 2.24) is 9.97 Å². The van der Waals surface area contributed by atoms with E-state index in [1.165, 1.54) is 12.1 Å². The Kier molecular flexibility index (Phi) is 6.29. The van der Waals surface area contributed by atoms with E-state index in [0.717, 1.165) is 18.2 Å². The summed E-state index contributed by atoms with van der Waals surface area (Å²) in [5, 5.41) is 14.0. The van der Waals surface area contributed by atoms with Gasteiger partial charge in [0.2, 0.25) is 5.91 Å². The average molecular weight is 362 g/mol. The second kappa shape index (κ2) is 8.43. The standard InChI is InChI=1S/C16H18N4O4S/c1-3-5-11-8-13(21)19-16(17-11)25-9-14(22)18-15-10(2)6-4-7-12(15)20(23)24/h4,6-8H,3,5,9H2,1-2H3,(H,18,22)(H,17,19,21). The van der Waals surface area contributed by atoms with Crippen LogP contribution in [0, 0.1) is 17.0 Å². The normalized spacial score (nSPS) is 10.5. The van der Waals surface area contributed by atoms with Crippen molar-refractivity contribution in [2.24, 2.45) is 0 Å². The lowest BCUT2D eigenvalue weighted by atomic mass is 10.1. The van der Waals surface area contributed by atoms with Crippen LogP contribution in [0.4, 0.5) is 11.4 Å². The number of para-hydroxylation sites is 1. The molecule has 2 rings (SSSR count). The van der Waals surface area contributed by atoms with Crippen LogP contribution in [-0.2, 0) is 11.2 Å². The Bertz CT molecular complexity index is 850. The van der Waals surface area contributed by atoms with Gasteiger partial charge in [0.1, 0.15) is 5.69 Å². The molecular weight excluding hydrogens is 344 g/mol. The number of nitro groups is 1. The smallest absolute Gasteiger partial charge is 0.293 e. The second-order valence-electron chi connectivity index (χ2n) is 5.35. The summed E-state index contributed by atoms with van der Waals surface area (Å²) in [6.07, 6.45) is 1.54. The van der Waals surface area contributed by atoms with Gasteiger partial charge in [-0.15, -0.1) is 0 Å². The summed E-state index contributed by atoms with van der Waals surface area (Å²) < 4.78 is 0. The fourth-order valence-corrected chi connectivity index (χ4v) is 2.91. The SMILES string of the molecule is CCCc1cc(=O)[nH]c(SCC(=O)Nc2c(C)cccc2[N+](=O)[O-])n1. The molecule has 25 heavy (non-hydrogen) atoms. The largest absolute Gasteiger partial charge is 0.319 e. The molecule has 1 aromatic heterocycles. The number of carbonyl (C=O) groups excluding carboxylic acids is 1. The summed E-state index contributed by atoms with van der Waals surface area (Å²) in [7, 11) is 0. The molecule has 1 aromatic carbocycles. The lowest BCUT2D eigenvalue weighted by molar-refractivity contribution is -0.384. The van der Waals surface area contributed by atoms with Gasteiger partial charge in [-0.1, -0.05) is 37.2 Å². The molecule has 0 atom stereocenters. The molecular formula is C16H18N4O4S. The van der Waals surface area contributed by atoms with E-state index in [2.05, 4.69) is 15.3 Å². The molecule has 0 unspecified atom stereocenters. The van der Waals surface area contributed by atoms with Crippen LogP contribution in [-0.4, -0.2) is 26.6 Å². The minimum Gasteiger partial charge on any atom is -0.319 e. The third kappa shape index (κ3) is 5.15. The van der Waals surface area contributed by atoms with Gasteiger partial charge in [-0.25, -0.2) is 4.98 Å². The molecule has 2 aromatic rings. The highest BCUT2D eigenvalue weighted by molar-refractivity contribution is 7.99. The first-order valence-electron chi connectivity index (χ1n) is 7.67. The molecule has 1 heterocycles. The maximum atomic E-state index is 12.1. The topological polar surface area (TPSA) is 118 Å². The number of benzene rings is 1. The van der Waals surface area contributed by atoms with Crippen molar-refractivity contribution in [2.75, 3.05) is 11.1 Å². The minimum atomic E-state index is -0.539. The number of thioether (sulfide) groups is 1. The highest BCUT2D eigenvalue weighted by Crippen LogP contribution is 2.27. The molecule has 0 aliphatic carbocycles. The van der Waals surface area contributed by atoms with Crippen LogP contribution >= 0.6 is 11.8 Å². The monoisotopic (exact) mass is 362 g/mol. The zero-order chi connectivity index (χ0) is 18.4. The zero-order valence-electron chi connectivity index (χ0n) is 13.9. The fourth-order valence-electron chi connectivity index (χ4n) is 2.21. The first-order chi connectivity index (χ1) is 11.9. The number of aryl methyl sites for hydroxylation is 2. The van der Waals surface area contributed by atoms with Crippen molar-refractivity contribution in [1.29, 1.82) is 0 Å². The number of anilines is 1. The van der Waals surface area contributed by atoms with Crippen molar-refractivity contribution in [3.05, 3.63) is 56.0 Å². The summed E-state index contributed by atoms with van der Waals surface area (Å²) in [5.74, 6) is -0.435. The zero-order valence-corrected chi connectivity index (χ0v) is 14.7. The van der Waals surface area contributed by atoms with Gasteiger partial charge in [-0.05, 0) is 18.9 Å². The molecule has 0 saturated carbocycles. The van der Waals surface area contributed by atoms with Gasteiger partial charge in [0.25, 0.3) is 11.2 Å². The van der Waals surface area contributed by atoms with Crippen molar-refractivity contribution < 1.29 is 9.72 Å². The number of nitrogens with one attached hydrogen (secondary N) is 2. The van der Waals surface area contributed by atoms with Crippen molar-refractivity contribution in [3.8, 4) is 0 Å². The second-order valence-corrected chi connectivity index (χ2v) is 6.32. The van der Waals surface area contributed by atoms with Crippen LogP contribution in [0.2, 0.25) is 0 Å². The van der Waals surface area contributed by atoms with E-state index in [-0.39, 0.29) is 22.7 Å². The number of H-pyrrole nitrogens is 1. The number of rotatable bonds is 7. The molecule has 0 radical (unpaired) electrons. The number of hydrogen-bond donors (Lipinski definition) is 2. The number of nitro benzene ring substituents is 1. The molecule has 0 fully saturated rings. The summed E-state index contributed by atoms with van der Waals surface area (Å²) in [4.78, 5) is 41.1. The van der Waals surface area contributed by atoms with Crippen LogP contribution < -0.4 is 10.9 Å². The molecule has 0 bridgehead atoms. The minimum absolute atomic E-state index is 0.0238. The molecule has 9 heteroatoms. The maximum Gasteiger partial charge on any atom is 0.293 e. The highest BCUT2D eigenvalue weighted by atomic mass is 32.2. The Morgan fingerprint density at radius 1 is 1.44 bits per heavy atom. The van der Waals surface area contributed by atoms with E-state index < -0.39 is 10.8 Å². The van der Waals surface area contributed by atoms with Crippen LogP contribution in [0.1, 0.15) is 24.6 Å². The van der Waals surface area contributed by atoms with Crippen molar-refractivity contribution in [3.63, 3.8) is 0 Å². The molecule has 8 nitrogen and oxygen atoms in total. The van der Waals surface area contributed by atoms with Gasteiger partial charge in [0.15, 0.2) is 5.16 Å². The molecule has 0 spiro atoms. The first kappa shape index (κ1) is 18.7. The molecule has 132 valence electrons. The van der Waals surface area contributed by atoms with E-state index in [1.807, 2.05) is 6.92 Å². The van der Waals surface area contributed by atoms with E-state index in [9.17, 15) is 19.7 Å². The summed E-state index contributed by atoms with van der Waals surface area (Å²) in [5.41, 5.74) is 1.03. The Balaban J connectivity index is 2.07. The highest BCUT2D eigenvalue weighted by Gasteiger charge is 2.18. The number of hydrogen-bond acceptors (Lipinski definition) is 6. The Labute approximate surface area is 148 Å². The predicted octanol–water partition coefficient (Wildman–Crippen LogP) is 2.67. The Morgan fingerprint density at radius 2 is 2.20 bits per heavy atom. The van der Waals surface area contributed by atoms with E-state index in [0.29, 0.717) is 22.8 Å². The third-order valence-corrected chi connectivity index (χ3v) is 4.20. The molecule has 2 N–H and O–H groups in total. The van der Waals surface area contributed by atoms with Gasteiger partial charge in [0.05, 0.1) is 10.7 Å². The summed E-state index contributed by atoms with van der Waals surface area (Å²) in [6, 6.07) is 6.02. The molecule has 1 amide bonds. The number of aromatic nitrogens is 2. The molecule has 0 saturated heterocycles. The van der Waals surface area contributed by atoms with Crippen LogP contribution in [0.3, 0.4) is 0 Å². The van der Waals surface area contributed by atoms with Gasteiger partial charge < -0.3 is 10.3 Å². The van der Waals surface area contributed by atoms with Crippen LogP contribution in [0.25, 0.3) is 0 Å². The molecule has 0 aliphatic heterocycles. The average Bonchev–Trinajstić information content (AvgIpc) is 2.54. The van der Waals surface area contributed by atoms with Crippen LogP contribution in [0.15, 0.2) is 34.2 Å². The van der Waals surface area contributed by atoms with Gasteiger partial charge in [-0.3, -0.25) is 19.7 Å². The quantitative estimate of drug-likeness (QED) is 0.338. The van der Waals surface area contributed by atoms with E-state index >= 15 is 0 Å². The number of aromatic amines is 1. The van der Waals surface area contributed by atoms with Crippen molar-refractivity contribution in [2.45, 2.75) is 31.8 Å². The lowest BCUT2D eigenvalue weighted by Gasteiger charge is -2.08. The summed E-state index contributed by atoms with van der Waals surface area (Å²) >= 11 is 1.07. The third-order valence-electron chi connectivity index (χ3n) is 3.33. The number of amides is 1. The summed E-state index contributed by atoms with van der Waals surface area (Å²) in [6.45, 7) is 3.67. The van der Waals surface area contributed by atoms with E-state index in [1.54, 1.807) is 19.1 Å². The van der Waals surface area contributed by atoms with E-state index in [4.69, 9.17) is 0 Å². The Hall–Kier alpha value is -2.68. The Morgan fingerprint density at radius 3 is 2.88 bits per heavy atom. The van der Waals surface area contributed by atoms with Crippen molar-refractivity contribution >= 4 is 29.0 Å². The van der Waals surface area contributed by atoms with Gasteiger partial charge in [-0.2, -0.15) is 0 Å². The number of nitrogens with zero attached hydrogens (tertiary/aromatic N) is 2. The van der Waals surface area contributed by atoms with Gasteiger partial charge >= 0.3 is 0 Å². The number of carbonyl (C=O) groups is 1.